The summed E-state index contributed by atoms with van der Waals surface area (Å²) in [5.74, 6) is 0.411. The van der Waals surface area contributed by atoms with Gasteiger partial charge in [0, 0.05) is 25.2 Å². The van der Waals surface area contributed by atoms with Gasteiger partial charge in [-0.1, -0.05) is 36.4 Å². The van der Waals surface area contributed by atoms with Crippen LogP contribution >= 0.6 is 0 Å². The molecule has 0 aliphatic carbocycles. The highest BCUT2D eigenvalue weighted by atomic mass is 15.5. The second-order valence-corrected chi connectivity index (χ2v) is 8.93. The molecule has 1 atom stereocenters. The lowest BCUT2D eigenvalue weighted by Gasteiger charge is -2.31. The standard InChI is InChI=1S/C26H27N9/c1-3-9-24(10-4-1)34-27-16-22(29-34)19-32-14-7-8-21(18-32)26-13-15-33(31-26)20-23-17-28-35(30-23)25-11-5-2-6-12-25/h1-6,9-13,15-17,21H,7-8,14,18-20H2. The fourth-order valence-corrected chi connectivity index (χ4v) is 4.62. The number of hydrogen-bond acceptors (Lipinski definition) is 6. The Morgan fingerprint density at radius 1 is 0.714 bits per heavy atom. The smallest absolute Gasteiger partial charge is 0.105 e. The van der Waals surface area contributed by atoms with Crippen molar-refractivity contribution in [2.24, 2.45) is 0 Å². The van der Waals surface area contributed by atoms with E-state index in [0.29, 0.717) is 12.5 Å². The van der Waals surface area contributed by atoms with Gasteiger partial charge in [0.2, 0.25) is 0 Å². The highest BCUT2D eigenvalue weighted by Gasteiger charge is 2.24. The second kappa shape index (κ2) is 9.63. The highest BCUT2D eigenvalue weighted by Crippen LogP contribution is 2.26. The largest absolute Gasteiger partial charge is 0.297 e. The van der Waals surface area contributed by atoms with Crippen molar-refractivity contribution in [2.45, 2.75) is 31.8 Å². The summed E-state index contributed by atoms with van der Waals surface area (Å²) < 4.78 is 1.96. The fraction of sp³-hybridized carbons (Fsp3) is 0.269. The molecule has 1 aliphatic heterocycles. The van der Waals surface area contributed by atoms with Gasteiger partial charge >= 0.3 is 0 Å². The van der Waals surface area contributed by atoms with E-state index in [-0.39, 0.29) is 0 Å². The van der Waals surface area contributed by atoms with Gasteiger partial charge < -0.3 is 0 Å². The van der Waals surface area contributed by atoms with Gasteiger partial charge in [-0.25, -0.2) is 0 Å². The monoisotopic (exact) mass is 465 g/mol. The van der Waals surface area contributed by atoms with Gasteiger partial charge in [-0.15, -0.1) is 0 Å². The van der Waals surface area contributed by atoms with Crippen molar-refractivity contribution in [1.82, 2.24) is 44.7 Å². The van der Waals surface area contributed by atoms with Crippen LogP contribution in [0.25, 0.3) is 11.4 Å². The SMILES string of the molecule is c1ccc(-n2ncc(CN3CCCC(c4ccn(Cc5cnn(-c6ccccc6)n5)n4)C3)n2)cc1. The minimum absolute atomic E-state index is 0.411. The van der Waals surface area contributed by atoms with Crippen molar-refractivity contribution in [3.8, 4) is 11.4 Å². The zero-order valence-corrected chi connectivity index (χ0v) is 19.4. The van der Waals surface area contributed by atoms with Gasteiger partial charge in [0.25, 0.3) is 0 Å². The minimum atomic E-state index is 0.411. The number of hydrogen-bond donors (Lipinski definition) is 0. The molecule has 4 heterocycles. The first-order chi connectivity index (χ1) is 17.3. The lowest BCUT2D eigenvalue weighted by atomic mass is 9.95. The third-order valence-corrected chi connectivity index (χ3v) is 6.35. The first-order valence-electron chi connectivity index (χ1n) is 12.0. The van der Waals surface area contributed by atoms with E-state index >= 15 is 0 Å². The Bertz CT molecular complexity index is 1370. The maximum atomic E-state index is 4.88. The highest BCUT2D eigenvalue weighted by molar-refractivity contribution is 5.29. The summed E-state index contributed by atoms with van der Waals surface area (Å²) in [6.45, 7) is 3.44. The van der Waals surface area contributed by atoms with Crippen molar-refractivity contribution in [3.63, 3.8) is 0 Å². The molecule has 0 amide bonds. The molecule has 0 radical (unpaired) electrons. The molecule has 1 saturated heterocycles. The van der Waals surface area contributed by atoms with Gasteiger partial charge in [0.05, 0.1) is 41.7 Å². The van der Waals surface area contributed by atoms with Crippen molar-refractivity contribution < 1.29 is 0 Å². The molecular formula is C26H27N9. The van der Waals surface area contributed by atoms with Crippen LogP contribution in [-0.4, -0.2) is 57.8 Å². The van der Waals surface area contributed by atoms with Crippen LogP contribution in [0.15, 0.2) is 85.3 Å². The van der Waals surface area contributed by atoms with Gasteiger partial charge in [-0.05, 0) is 49.7 Å². The Kier molecular flexibility index (Phi) is 5.90. The Morgan fingerprint density at radius 2 is 1.34 bits per heavy atom. The van der Waals surface area contributed by atoms with E-state index in [1.807, 2.05) is 77.7 Å². The van der Waals surface area contributed by atoms with Gasteiger partial charge in [-0.2, -0.15) is 35.1 Å². The zero-order valence-electron chi connectivity index (χ0n) is 19.4. The third-order valence-electron chi connectivity index (χ3n) is 6.35. The second-order valence-electron chi connectivity index (χ2n) is 8.93. The molecule has 9 heteroatoms. The van der Waals surface area contributed by atoms with Crippen LogP contribution in [0.5, 0.6) is 0 Å². The van der Waals surface area contributed by atoms with Crippen LogP contribution in [0, 0.1) is 0 Å². The summed E-state index contributed by atoms with van der Waals surface area (Å²) in [4.78, 5) is 5.82. The Hall–Kier alpha value is -4.11. The van der Waals surface area contributed by atoms with Gasteiger partial charge in [0.1, 0.15) is 5.69 Å². The molecule has 0 saturated carbocycles. The number of aromatic nitrogens is 8. The topological polar surface area (TPSA) is 82.5 Å². The first-order valence-corrected chi connectivity index (χ1v) is 12.0. The van der Waals surface area contributed by atoms with Crippen LogP contribution in [0.1, 0.15) is 35.8 Å². The lowest BCUT2D eigenvalue weighted by molar-refractivity contribution is 0.196. The zero-order chi connectivity index (χ0) is 23.5. The molecule has 2 aromatic carbocycles. The summed E-state index contributed by atoms with van der Waals surface area (Å²) in [7, 11) is 0. The molecule has 9 nitrogen and oxygen atoms in total. The van der Waals surface area contributed by atoms with E-state index in [9.17, 15) is 0 Å². The number of piperidine rings is 1. The average Bonchev–Trinajstić information content (AvgIpc) is 3.67. The van der Waals surface area contributed by atoms with Crippen LogP contribution in [0.4, 0.5) is 0 Å². The van der Waals surface area contributed by atoms with Crippen LogP contribution in [-0.2, 0) is 13.1 Å². The van der Waals surface area contributed by atoms with E-state index < -0.39 is 0 Å². The molecule has 1 aliphatic rings. The summed E-state index contributed by atoms with van der Waals surface area (Å²) in [6.07, 6.45) is 8.01. The number of benzene rings is 2. The molecule has 0 N–H and O–H groups in total. The number of likely N-dealkylation sites (tertiary alicyclic amines) is 1. The van der Waals surface area contributed by atoms with Gasteiger partial charge in [-0.3, -0.25) is 9.58 Å². The Balaban J connectivity index is 1.08. The average molecular weight is 466 g/mol. The number of rotatable bonds is 7. The van der Waals surface area contributed by atoms with Crippen molar-refractivity contribution in [2.75, 3.05) is 13.1 Å². The third kappa shape index (κ3) is 4.90. The molecule has 1 fully saturated rings. The predicted molar refractivity (Wildman–Crippen MR) is 131 cm³/mol. The van der Waals surface area contributed by atoms with E-state index in [4.69, 9.17) is 5.10 Å². The molecule has 0 spiro atoms. The van der Waals surface area contributed by atoms with Crippen LogP contribution in [0.2, 0.25) is 0 Å². The van der Waals surface area contributed by atoms with Crippen LogP contribution < -0.4 is 0 Å². The Morgan fingerprint density at radius 3 is 2.00 bits per heavy atom. The molecule has 6 rings (SSSR count). The summed E-state index contributed by atoms with van der Waals surface area (Å²) in [5.41, 5.74) is 4.94. The van der Waals surface area contributed by atoms with Gasteiger partial charge in [0.15, 0.2) is 0 Å². The number of para-hydroxylation sites is 2. The maximum absolute atomic E-state index is 4.88. The van der Waals surface area contributed by atoms with E-state index in [1.165, 1.54) is 0 Å². The summed E-state index contributed by atoms with van der Waals surface area (Å²) in [5, 5.41) is 23.0. The maximum Gasteiger partial charge on any atom is 0.105 e. The summed E-state index contributed by atoms with van der Waals surface area (Å²) in [6, 6.07) is 22.1. The number of nitrogens with zero attached hydrogens (tertiary/aromatic N) is 9. The molecule has 1 unspecified atom stereocenters. The minimum Gasteiger partial charge on any atom is -0.297 e. The molecule has 5 aromatic rings. The fourth-order valence-electron chi connectivity index (χ4n) is 4.62. The lowest BCUT2D eigenvalue weighted by Crippen LogP contribution is -2.34. The molecule has 35 heavy (non-hydrogen) atoms. The summed E-state index contributed by atoms with van der Waals surface area (Å²) >= 11 is 0. The van der Waals surface area contributed by atoms with E-state index in [1.54, 1.807) is 15.8 Å². The van der Waals surface area contributed by atoms with Crippen molar-refractivity contribution in [1.29, 1.82) is 0 Å². The van der Waals surface area contributed by atoms with Crippen LogP contribution in [0.3, 0.4) is 0 Å². The molecule has 3 aromatic heterocycles. The molecular weight excluding hydrogens is 438 g/mol. The molecule has 176 valence electrons. The van der Waals surface area contributed by atoms with E-state index in [0.717, 1.165) is 60.9 Å². The quantitative estimate of drug-likeness (QED) is 0.366. The van der Waals surface area contributed by atoms with Crippen molar-refractivity contribution >= 4 is 0 Å². The van der Waals surface area contributed by atoms with E-state index in [2.05, 4.69) is 31.4 Å². The normalized spacial score (nSPS) is 16.5. The first kappa shape index (κ1) is 21.4. The predicted octanol–water partition coefficient (Wildman–Crippen LogP) is 3.47. The Labute approximate surface area is 203 Å². The molecule has 0 bridgehead atoms. The van der Waals surface area contributed by atoms with Crippen molar-refractivity contribution in [3.05, 3.63) is 102 Å².